The Labute approximate surface area is 201 Å². The zero-order valence-corrected chi connectivity index (χ0v) is 20.0. The van der Waals surface area contributed by atoms with Crippen molar-refractivity contribution in [3.8, 4) is 0 Å². The van der Waals surface area contributed by atoms with Crippen molar-refractivity contribution in [2.45, 2.75) is 24.2 Å². The van der Waals surface area contributed by atoms with E-state index in [2.05, 4.69) is 20.8 Å². The average molecular weight is 504 g/mol. The Morgan fingerprint density at radius 3 is 2.61 bits per heavy atom. The Bertz CT molecular complexity index is 1260. The number of hydrogen-bond donors (Lipinski definition) is 2. The lowest BCUT2D eigenvalue weighted by Crippen LogP contribution is -2.35. The summed E-state index contributed by atoms with van der Waals surface area (Å²) in [7, 11) is -3.63. The summed E-state index contributed by atoms with van der Waals surface area (Å²) in [6, 6.07) is 15.5. The van der Waals surface area contributed by atoms with Gasteiger partial charge in [-0.2, -0.15) is 9.41 Å². The molecule has 2 N–H and O–H groups in total. The van der Waals surface area contributed by atoms with Crippen LogP contribution in [0, 0.1) is 0 Å². The maximum atomic E-state index is 12.9. The van der Waals surface area contributed by atoms with Gasteiger partial charge in [-0.3, -0.25) is 4.79 Å². The number of carbonyl (C=O) groups is 1. The Balaban J connectivity index is 1.41. The minimum atomic E-state index is -3.63. The van der Waals surface area contributed by atoms with Crippen molar-refractivity contribution in [3.05, 3.63) is 70.2 Å². The highest BCUT2D eigenvalue weighted by Crippen LogP contribution is 2.28. The molecule has 3 aromatic rings. The van der Waals surface area contributed by atoms with Crippen molar-refractivity contribution in [1.82, 2.24) is 14.7 Å². The summed E-state index contributed by atoms with van der Waals surface area (Å²) in [5.74, 6) is -0.523. The maximum Gasteiger partial charge on any atom is 0.271 e. The first-order valence-electron chi connectivity index (χ1n) is 10.4. The fraction of sp³-hybridized carbons (Fsp3) is 0.227. The molecule has 1 aromatic heterocycles. The van der Waals surface area contributed by atoms with Gasteiger partial charge in [0.2, 0.25) is 10.0 Å². The van der Waals surface area contributed by atoms with Crippen LogP contribution in [0.2, 0.25) is 5.15 Å². The predicted molar refractivity (Wildman–Crippen MR) is 131 cm³/mol. The van der Waals surface area contributed by atoms with Crippen LogP contribution in [0.15, 0.2) is 64.6 Å². The summed E-state index contributed by atoms with van der Waals surface area (Å²) in [6.45, 7) is 1.000. The second-order valence-corrected chi connectivity index (χ2v) is 10.7. The van der Waals surface area contributed by atoms with Crippen LogP contribution < -0.4 is 10.7 Å². The van der Waals surface area contributed by atoms with E-state index in [1.165, 1.54) is 34.0 Å². The number of benzene rings is 2. The number of rotatable bonds is 7. The quantitative estimate of drug-likeness (QED) is 0.365. The third kappa shape index (κ3) is 5.77. The second kappa shape index (κ2) is 10.4. The van der Waals surface area contributed by atoms with Crippen molar-refractivity contribution < 1.29 is 13.2 Å². The lowest BCUT2D eigenvalue weighted by Gasteiger charge is -2.25. The van der Waals surface area contributed by atoms with Crippen molar-refractivity contribution in [1.29, 1.82) is 0 Å². The first-order valence-corrected chi connectivity index (χ1v) is 13.0. The number of thiazole rings is 1. The Kier molecular flexibility index (Phi) is 7.39. The molecule has 0 bridgehead atoms. The molecular weight excluding hydrogens is 482 g/mol. The lowest BCUT2D eigenvalue weighted by molar-refractivity contribution is 0.0955. The molecule has 0 unspecified atom stereocenters. The molecule has 33 heavy (non-hydrogen) atoms. The highest BCUT2D eigenvalue weighted by Gasteiger charge is 2.26. The minimum absolute atomic E-state index is 0.100. The number of amides is 1. The fourth-order valence-electron chi connectivity index (χ4n) is 3.36. The molecule has 1 saturated heterocycles. The molecule has 2 aromatic carbocycles. The fourth-order valence-corrected chi connectivity index (χ4v) is 5.97. The van der Waals surface area contributed by atoms with E-state index in [0.717, 1.165) is 24.9 Å². The van der Waals surface area contributed by atoms with Crippen molar-refractivity contribution in [2.24, 2.45) is 5.10 Å². The number of para-hydroxylation sites is 1. The molecule has 11 heteroatoms. The monoisotopic (exact) mass is 503 g/mol. The predicted octanol–water partition coefficient (Wildman–Crippen LogP) is 4.48. The van der Waals surface area contributed by atoms with Crippen LogP contribution in [0.1, 0.15) is 34.5 Å². The van der Waals surface area contributed by atoms with Gasteiger partial charge in [-0.15, -0.1) is 0 Å². The number of carbonyl (C=O) groups excluding carboxylic acids is 1. The van der Waals surface area contributed by atoms with Crippen LogP contribution in [0.5, 0.6) is 0 Å². The topological polar surface area (TPSA) is 104 Å². The van der Waals surface area contributed by atoms with E-state index in [4.69, 9.17) is 11.6 Å². The average Bonchev–Trinajstić information content (AvgIpc) is 3.19. The Morgan fingerprint density at radius 2 is 1.85 bits per heavy atom. The van der Waals surface area contributed by atoms with Crippen molar-refractivity contribution in [2.75, 3.05) is 18.4 Å². The van der Waals surface area contributed by atoms with Crippen LogP contribution in [-0.2, 0) is 10.0 Å². The highest BCUT2D eigenvalue weighted by atomic mass is 35.5. The zero-order valence-electron chi connectivity index (χ0n) is 17.6. The molecule has 2 heterocycles. The minimum Gasteiger partial charge on any atom is -0.331 e. The summed E-state index contributed by atoms with van der Waals surface area (Å²) >= 11 is 7.46. The molecule has 8 nitrogen and oxygen atoms in total. The van der Waals surface area contributed by atoms with Crippen LogP contribution in [0.3, 0.4) is 0 Å². The van der Waals surface area contributed by atoms with Gasteiger partial charge in [0.05, 0.1) is 16.0 Å². The van der Waals surface area contributed by atoms with Gasteiger partial charge >= 0.3 is 0 Å². The first kappa shape index (κ1) is 23.4. The summed E-state index contributed by atoms with van der Waals surface area (Å²) in [6.07, 6.45) is 4.12. The maximum absolute atomic E-state index is 12.9. The molecule has 0 aliphatic carbocycles. The molecule has 1 amide bonds. The van der Waals surface area contributed by atoms with Gasteiger partial charge in [-0.05, 0) is 43.2 Å². The second-order valence-electron chi connectivity index (χ2n) is 7.36. The standard InChI is InChI=1S/C22H22ClN5O3S2/c23-20-19(32-22(26-20)25-17-9-3-1-4-10-17)15-24-27-21(29)16-8-7-11-18(14-16)33(30,31)28-12-5-2-6-13-28/h1,3-4,7-11,14-15H,2,5-6,12-13H2,(H,25,26)(H,27,29)/b24-15+. The van der Waals surface area contributed by atoms with Crippen molar-refractivity contribution >= 4 is 55.9 Å². The molecular formula is C22H22ClN5O3S2. The van der Waals surface area contributed by atoms with Gasteiger partial charge in [0.1, 0.15) is 0 Å². The number of sulfonamides is 1. The largest absolute Gasteiger partial charge is 0.331 e. The van der Waals surface area contributed by atoms with Gasteiger partial charge in [0, 0.05) is 24.3 Å². The van der Waals surface area contributed by atoms with Gasteiger partial charge in [0.25, 0.3) is 5.91 Å². The van der Waals surface area contributed by atoms with Crippen LogP contribution in [-0.4, -0.2) is 42.9 Å². The molecule has 1 aliphatic rings. The van der Waals surface area contributed by atoms with Gasteiger partial charge in [-0.25, -0.2) is 18.8 Å². The molecule has 1 fully saturated rings. The summed E-state index contributed by atoms with van der Waals surface area (Å²) in [4.78, 5) is 17.4. The third-order valence-corrected chi connectivity index (χ3v) is 8.23. The van der Waals surface area contributed by atoms with Crippen molar-refractivity contribution in [3.63, 3.8) is 0 Å². The third-order valence-electron chi connectivity index (χ3n) is 5.03. The van der Waals surface area contributed by atoms with Crippen LogP contribution in [0.4, 0.5) is 10.8 Å². The molecule has 0 radical (unpaired) electrons. The number of hydrazone groups is 1. The van der Waals surface area contributed by atoms with E-state index >= 15 is 0 Å². The van der Waals surface area contributed by atoms with E-state index in [0.29, 0.717) is 23.1 Å². The number of hydrogen-bond acceptors (Lipinski definition) is 7. The molecule has 0 saturated carbocycles. The Morgan fingerprint density at radius 1 is 1.09 bits per heavy atom. The summed E-state index contributed by atoms with van der Waals surface area (Å²) in [5, 5.41) is 7.95. The lowest BCUT2D eigenvalue weighted by atomic mass is 10.2. The number of nitrogens with zero attached hydrogens (tertiary/aromatic N) is 3. The van der Waals surface area contributed by atoms with E-state index in [1.807, 2.05) is 30.3 Å². The number of halogens is 1. The normalized spacial score (nSPS) is 14.9. The number of anilines is 2. The zero-order chi connectivity index (χ0) is 23.3. The van der Waals surface area contributed by atoms with E-state index in [9.17, 15) is 13.2 Å². The van der Waals surface area contributed by atoms with Gasteiger partial charge in [0.15, 0.2) is 10.3 Å². The smallest absolute Gasteiger partial charge is 0.271 e. The van der Waals surface area contributed by atoms with E-state index in [1.54, 1.807) is 12.1 Å². The SMILES string of the molecule is O=C(N/N=C/c1sc(Nc2ccccc2)nc1Cl)c1cccc(S(=O)(=O)N2CCCCC2)c1. The van der Waals surface area contributed by atoms with Gasteiger partial charge in [-0.1, -0.05) is 53.6 Å². The number of aromatic nitrogens is 1. The van der Waals surface area contributed by atoms with Crippen LogP contribution >= 0.6 is 22.9 Å². The van der Waals surface area contributed by atoms with Gasteiger partial charge < -0.3 is 5.32 Å². The molecule has 172 valence electrons. The molecule has 4 rings (SSSR count). The Hall–Kier alpha value is -2.79. The molecule has 0 atom stereocenters. The van der Waals surface area contributed by atoms with E-state index in [-0.39, 0.29) is 15.6 Å². The molecule has 1 aliphatic heterocycles. The summed E-state index contributed by atoms with van der Waals surface area (Å²) < 4.78 is 27.2. The number of piperidine rings is 1. The molecule has 0 spiro atoms. The van der Waals surface area contributed by atoms with Crippen LogP contribution in [0.25, 0.3) is 0 Å². The summed E-state index contributed by atoms with van der Waals surface area (Å²) in [5.41, 5.74) is 3.49. The highest BCUT2D eigenvalue weighted by molar-refractivity contribution is 7.89. The van der Waals surface area contributed by atoms with E-state index < -0.39 is 15.9 Å². The first-order chi connectivity index (χ1) is 15.9. The number of nitrogens with one attached hydrogen (secondary N) is 2.